The average Bonchev–Trinajstić information content (AvgIpc) is 2.90. The molecule has 0 aliphatic carbocycles. The highest BCUT2D eigenvalue weighted by Gasteiger charge is 2.37. The first kappa shape index (κ1) is 18.2. The van der Waals surface area contributed by atoms with E-state index in [9.17, 15) is 14.4 Å². The van der Waals surface area contributed by atoms with E-state index in [0.717, 1.165) is 0 Å². The summed E-state index contributed by atoms with van der Waals surface area (Å²) >= 11 is 6.12. The summed E-state index contributed by atoms with van der Waals surface area (Å²) in [5.41, 5.74) is 0.669. The van der Waals surface area contributed by atoms with Crippen molar-refractivity contribution in [2.45, 2.75) is 31.9 Å². The molecule has 1 aliphatic heterocycles. The molecule has 0 spiro atoms. The van der Waals surface area contributed by atoms with Crippen LogP contribution in [-0.2, 0) is 14.3 Å². The van der Waals surface area contributed by atoms with Gasteiger partial charge in [-0.05, 0) is 24.6 Å². The second-order valence-electron chi connectivity index (χ2n) is 5.68. The number of benzene rings is 1. The van der Waals surface area contributed by atoms with Crippen molar-refractivity contribution in [3.8, 4) is 0 Å². The average molecular weight is 355 g/mol. The van der Waals surface area contributed by atoms with Gasteiger partial charge >= 0.3 is 5.97 Å². The van der Waals surface area contributed by atoms with Crippen LogP contribution >= 0.6 is 11.6 Å². The van der Waals surface area contributed by atoms with Gasteiger partial charge in [0.1, 0.15) is 0 Å². The van der Waals surface area contributed by atoms with Crippen molar-refractivity contribution in [3.05, 3.63) is 28.8 Å². The number of amides is 2. The Morgan fingerprint density at radius 1 is 1.42 bits per heavy atom. The molecule has 1 aliphatic rings. The molecule has 0 bridgehead atoms. The van der Waals surface area contributed by atoms with Crippen molar-refractivity contribution in [2.24, 2.45) is 0 Å². The molecule has 24 heavy (non-hydrogen) atoms. The highest BCUT2D eigenvalue weighted by Crippen LogP contribution is 2.28. The molecule has 1 aromatic carbocycles. The van der Waals surface area contributed by atoms with Gasteiger partial charge in [0.05, 0.1) is 23.1 Å². The summed E-state index contributed by atoms with van der Waals surface area (Å²) in [7, 11) is 1.53. The second-order valence-corrected chi connectivity index (χ2v) is 6.09. The van der Waals surface area contributed by atoms with Gasteiger partial charge < -0.3 is 20.1 Å². The van der Waals surface area contributed by atoms with Gasteiger partial charge in [-0.15, -0.1) is 0 Å². The maximum atomic E-state index is 12.8. The number of ether oxygens (including phenoxy) is 1. The molecular formula is C16H19ClN2O5. The van der Waals surface area contributed by atoms with E-state index in [0.29, 0.717) is 18.7 Å². The first-order valence-corrected chi connectivity index (χ1v) is 7.82. The Labute approximate surface area is 144 Å². The SMILES string of the molecule is COC1CC(CC(=O)O)N(C(=O)c2cc(NC(C)=O)ccc2Cl)C1. The molecule has 2 rings (SSSR count). The van der Waals surface area contributed by atoms with Gasteiger partial charge in [-0.1, -0.05) is 11.6 Å². The maximum Gasteiger partial charge on any atom is 0.305 e. The minimum absolute atomic E-state index is 0.158. The van der Waals surface area contributed by atoms with E-state index < -0.39 is 12.0 Å². The first-order chi connectivity index (χ1) is 11.3. The summed E-state index contributed by atoms with van der Waals surface area (Å²) in [6, 6.07) is 4.15. The van der Waals surface area contributed by atoms with Crippen LogP contribution in [0.15, 0.2) is 18.2 Å². The largest absolute Gasteiger partial charge is 0.481 e. The third kappa shape index (κ3) is 4.24. The minimum Gasteiger partial charge on any atom is -0.481 e. The topological polar surface area (TPSA) is 95.9 Å². The Balaban J connectivity index is 2.28. The monoisotopic (exact) mass is 354 g/mol. The quantitative estimate of drug-likeness (QED) is 0.843. The number of nitrogens with one attached hydrogen (secondary N) is 1. The van der Waals surface area contributed by atoms with E-state index in [1.807, 2.05) is 0 Å². The summed E-state index contributed by atoms with van der Waals surface area (Å²) in [6.45, 7) is 1.66. The zero-order chi connectivity index (χ0) is 17.9. The Hall–Kier alpha value is -2.12. The Bertz CT molecular complexity index is 664. The number of anilines is 1. The van der Waals surface area contributed by atoms with Gasteiger partial charge in [0.25, 0.3) is 5.91 Å². The molecule has 1 fully saturated rings. The lowest BCUT2D eigenvalue weighted by molar-refractivity contribution is -0.138. The molecule has 0 radical (unpaired) electrons. The molecule has 0 aromatic heterocycles. The van der Waals surface area contributed by atoms with Crippen molar-refractivity contribution in [2.75, 3.05) is 19.0 Å². The van der Waals surface area contributed by atoms with Crippen molar-refractivity contribution in [3.63, 3.8) is 0 Å². The molecule has 2 unspecified atom stereocenters. The van der Waals surface area contributed by atoms with Crippen LogP contribution in [0.5, 0.6) is 0 Å². The predicted molar refractivity (Wildman–Crippen MR) is 88.2 cm³/mol. The van der Waals surface area contributed by atoms with E-state index in [1.54, 1.807) is 6.07 Å². The van der Waals surface area contributed by atoms with Gasteiger partial charge in [-0.3, -0.25) is 14.4 Å². The molecule has 2 atom stereocenters. The summed E-state index contributed by atoms with van der Waals surface area (Å²) in [6.07, 6.45) is 0.0854. The number of carboxylic acid groups (broad SMARTS) is 1. The molecular weight excluding hydrogens is 336 g/mol. The molecule has 1 aromatic rings. The third-order valence-electron chi connectivity index (χ3n) is 3.90. The smallest absolute Gasteiger partial charge is 0.305 e. The van der Waals surface area contributed by atoms with E-state index in [-0.39, 0.29) is 34.9 Å². The summed E-state index contributed by atoms with van der Waals surface area (Å²) in [5, 5.41) is 11.9. The van der Waals surface area contributed by atoms with Crippen LogP contribution in [0.1, 0.15) is 30.1 Å². The third-order valence-corrected chi connectivity index (χ3v) is 4.23. The van der Waals surface area contributed by atoms with Crippen molar-refractivity contribution in [1.29, 1.82) is 0 Å². The predicted octanol–water partition coefficient (Wildman–Crippen LogP) is 2.00. The van der Waals surface area contributed by atoms with Gasteiger partial charge in [0, 0.05) is 32.3 Å². The number of hydrogen-bond donors (Lipinski definition) is 2. The van der Waals surface area contributed by atoms with Crippen LogP contribution in [0.25, 0.3) is 0 Å². The lowest BCUT2D eigenvalue weighted by Crippen LogP contribution is -2.37. The van der Waals surface area contributed by atoms with Gasteiger partial charge in [-0.2, -0.15) is 0 Å². The van der Waals surface area contributed by atoms with Crippen LogP contribution < -0.4 is 5.32 Å². The van der Waals surface area contributed by atoms with E-state index in [1.165, 1.54) is 31.1 Å². The summed E-state index contributed by atoms with van der Waals surface area (Å²) in [5.74, 6) is -1.62. The molecule has 0 saturated carbocycles. The van der Waals surface area contributed by atoms with E-state index >= 15 is 0 Å². The lowest BCUT2D eigenvalue weighted by atomic mass is 10.1. The van der Waals surface area contributed by atoms with Gasteiger partial charge in [-0.25, -0.2) is 0 Å². The highest BCUT2D eigenvalue weighted by atomic mass is 35.5. The number of carboxylic acids is 1. The molecule has 2 N–H and O–H groups in total. The maximum absolute atomic E-state index is 12.8. The van der Waals surface area contributed by atoms with Crippen molar-refractivity contribution >= 4 is 35.1 Å². The number of rotatable bonds is 5. The fourth-order valence-corrected chi connectivity index (χ4v) is 3.01. The molecule has 1 saturated heterocycles. The zero-order valence-electron chi connectivity index (χ0n) is 13.4. The molecule has 130 valence electrons. The van der Waals surface area contributed by atoms with E-state index in [4.69, 9.17) is 21.4 Å². The number of aliphatic carboxylic acids is 1. The normalized spacial score (nSPS) is 20.0. The number of carbonyl (C=O) groups is 3. The fourth-order valence-electron chi connectivity index (χ4n) is 2.81. The number of nitrogens with zero attached hydrogens (tertiary/aromatic N) is 1. The second kappa shape index (κ2) is 7.63. The Morgan fingerprint density at radius 3 is 2.71 bits per heavy atom. The van der Waals surface area contributed by atoms with Crippen LogP contribution in [0.3, 0.4) is 0 Å². The lowest BCUT2D eigenvalue weighted by Gasteiger charge is -2.24. The van der Waals surface area contributed by atoms with E-state index in [2.05, 4.69) is 5.32 Å². The number of methoxy groups -OCH3 is 1. The van der Waals surface area contributed by atoms with Crippen molar-refractivity contribution in [1.82, 2.24) is 4.90 Å². The Morgan fingerprint density at radius 2 is 2.12 bits per heavy atom. The molecule has 8 heteroatoms. The number of hydrogen-bond acceptors (Lipinski definition) is 4. The molecule has 1 heterocycles. The van der Waals surface area contributed by atoms with Crippen LogP contribution in [-0.4, -0.2) is 53.6 Å². The standard InChI is InChI=1S/C16H19ClN2O5/c1-9(20)18-10-3-4-14(17)13(5-10)16(23)19-8-12(24-2)6-11(19)7-15(21)22/h3-5,11-12H,6-8H2,1-2H3,(H,18,20)(H,21,22). The highest BCUT2D eigenvalue weighted by molar-refractivity contribution is 6.34. The van der Waals surface area contributed by atoms with Crippen molar-refractivity contribution < 1.29 is 24.2 Å². The first-order valence-electron chi connectivity index (χ1n) is 7.44. The van der Waals surface area contributed by atoms with Crippen LogP contribution in [0.4, 0.5) is 5.69 Å². The number of halogens is 1. The number of likely N-dealkylation sites (tertiary alicyclic amines) is 1. The Kier molecular flexibility index (Phi) is 5.80. The van der Waals surface area contributed by atoms with Crippen LogP contribution in [0, 0.1) is 0 Å². The summed E-state index contributed by atoms with van der Waals surface area (Å²) < 4.78 is 5.27. The van der Waals surface area contributed by atoms with Gasteiger partial charge in [0.2, 0.25) is 5.91 Å². The summed E-state index contributed by atoms with van der Waals surface area (Å²) in [4.78, 5) is 36.5. The molecule has 7 nitrogen and oxygen atoms in total. The minimum atomic E-state index is -0.979. The number of carbonyl (C=O) groups excluding carboxylic acids is 2. The zero-order valence-corrected chi connectivity index (χ0v) is 14.2. The van der Waals surface area contributed by atoms with Crippen LogP contribution in [0.2, 0.25) is 5.02 Å². The fraction of sp³-hybridized carbons (Fsp3) is 0.438. The van der Waals surface area contributed by atoms with Gasteiger partial charge in [0.15, 0.2) is 0 Å². The molecule has 2 amide bonds.